The van der Waals surface area contributed by atoms with Crippen LogP contribution in [-0.2, 0) is 10.8 Å². The summed E-state index contributed by atoms with van der Waals surface area (Å²) in [5, 5.41) is 3.29. The number of rotatable bonds is 7. The highest BCUT2D eigenvalue weighted by Gasteiger charge is 2.14. The Labute approximate surface area is 120 Å². The topological polar surface area (TPSA) is 29.1 Å². The summed E-state index contributed by atoms with van der Waals surface area (Å²) in [7, 11) is 1.20. The third-order valence-electron chi connectivity index (χ3n) is 3.56. The summed E-state index contributed by atoms with van der Waals surface area (Å²) in [5.41, 5.74) is 3.84. The van der Waals surface area contributed by atoms with Crippen LogP contribution in [0.15, 0.2) is 18.2 Å². The molecule has 0 radical (unpaired) electrons. The summed E-state index contributed by atoms with van der Waals surface area (Å²) in [6, 6.07) is 6.68. The number of benzene rings is 1. The molecule has 0 heterocycles. The normalized spacial score (nSPS) is 14.6. The van der Waals surface area contributed by atoms with Crippen LogP contribution >= 0.6 is 0 Å². The van der Waals surface area contributed by atoms with Gasteiger partial charge in [0.25, 0.3) is 0 Å². The fourth-order valence-corrected chi connectivity index (χ4v) is 3.60. The molecule has 0 fully saturated rings. The van der Waals surface area contributed by atoms with E-state index in [4.69, 9.17) is 0 Å². The Hall–Kier alpha value is -0.670. The molecule has 3 heteroatoms. The Morgan fingerprint density at radius 2 is 1.89 bits per heavy atom. The average Bonchev–Trinajstić information content (AvgIpc) is 2.37. The Kier molecular flexibility index (Phi) is 6.73. The maximum Gasteiger partial charge on any atom is 0.0434 e. The monoisotopic (exact) mass is 281 g/mol. The molecule has 1 rings (SSSR count). The Morgan fingerprint density at radius 1 is 1.21 bits per heavy atom. The van der Waals surface area contributed by atoms with Crippen LogP contribution in [0.3, 0.4) is 0 Å². The van der Waals surface area contributed by atoms with Crippen molar-refractivity contribution in [3.05, 3.63) is 34.9 Å². The minimum Gasteiger partial charge on any atom is -0.312 e. The smallest absolute Gasteiger partial charge is 0.0434 e. The van der Waals surface area contributed by atoms with Gasteiger partial charge < -0.3 is 5.32 Å². The maximum atomic E-state index is 12.1. The van der Waals surface area contributed by atoms with E-state index in [2.05, 4.69) is 51.2 Å². The van der Waals surface area contributed by atoms with Crippen molar-refractivity contribution in [2.75, 3.05) is 18.6 Å². The number of aryl methyl sites for hydroxylation is 2. The molecular formula is C16H27NOS. The highest BCUT2D eigenvalue weighted by molar-refractivity contribution is 7.85. The lowest BCUT2D eigenvalue weighted by Crippen LogP contribution is -2.24. The molecule has 0 aromatic heterocycles. The summed E-state index contributed by atoms with van der Waals surface area (Å²) in [6.07, 6.45) is 1.04. The van der Waals surface area contributed by atoms with Gasteiger partial charge in [0, 0.05) is 28.3 Å². The minimum atomic E-state index is -0.746. The van der Waals surface area contributed by atoms with Gasteiger partial charge in [0.15, 0.2) is 0 Å². The molecule has 1 N–H and O–H groups in total. The van der Waals surface area contributed by atoms with Crippen molar-refractivity contribution in [2.24, 2.45) is 5.92 Å². The van der Waals surface area contributed by atoms with E-state index in [9.17, 15) is 4.21 Å². The predicted octanol–water partition coefficient (Wildman–Crippen LogP) is 3.36. The van der Waals surface area contributed by atoms with E-state index in [0.29, 0.717) is 11.7 Å². The van der Waals surface area contributed by atoms with Gasteiger partial charge in [-0.05, 0) is 49.9 Å². The van der Waals surface area contributed by atoms with Crippen molar-refractivity contribution < 1.29 is 4.21 Å². The zero-order valence-electron chi connectivity index (χ0n) is 12.8. The Balaban J connectivity index is 2.67. The highest BCUT2D eigenvalue weighted by atomic mass is 32.2. The lowest BCUT2D eigenvalue weighted by atomic mass is 10.0. The predicted molar refractivity (Wildman–Crippen MR) is 85.0 cm³/mol. The van der Waals surface area contributed by atoms with Gasteiger partial charge in [-0.1, -0.05) is 32.0 Å². The second-order valence-corrected chi connectivity index (χ2v) is 7.30. The fraction of sp³-hybridized carbons (Fsp3) is 0.625. The molecule has 108 valence electrons. The number of hydrogen-bond acceptors (Lipinski definition) is 2. The minimum absolute atomic E-state index is 0.187. The second kappa shape index (κ2) is 7.81. The van der Waals surface area contributed by atoms with E-state index in [-0.39, 0.29) is 6.04 Å². The molecule has 0 bridgehead atoms. The van der Waals surface area contributed by atoms with Crippen LogP contribution in [0.2, 0.25) is 0 Å². The van der Waals surface area contributed by atoms with Gasteiger partial charge >= 0.3 is 0 Å². The van der Waals surface area contributed by atoms with Gasteiger partial charge in [-0.15, -0.1) is 0 Å². The first-order valence-electron chi connectivity index (χ1n) is 7.03. The van der Waals surface area contributed by atoms with Crippen molar-refractivity contribution in [1.82, 2.24) is 5.32 Å². The van der Waals surface area contributed by atoms with E-state index >= 15 is 0 Å². The van der Waals surface area contributed by atoms with Crippen molar-refractivity contribution >= 4 is 10.8 Å². The van der Waals surface area contributed by atoms with Gasteiger partial charge in [0.1, 0.15) is 0 Å². The van der Waals surface area contributed by atoms with Crippen molar-refractivity contribution in [3.63, 3.8) is 0 Å². The molecule has 0 spiro atoms. The van der Waals surface area contributed by atoms with Crippen LogP contribution in [0.1, 0.15) is 43.0 Å². The number of hydrogen-bond donors (Lipinski definition) is 1. The van der Waals surface area contributed by atoms with E-state index in [1.807, 2.05) is 7.05 Å². The first-order valence-corrected chi connectivity index (χ1v) is 8.52. The van der Waals surface area contributed by atoms with Gasteiger partial charge in [0.05, 0.1) is 0 Å². The van der Waals surface area contributed by atoms with Crippen LogP contribution in [0.25, 0.3) is 0 Å². The SMILES string of the molecule is CNC(CS(=O)CCC(C)C)c1ccc(C)c(C)c1. The molecule has 2 nitrogen and oxygen atoms in total. The Morgan fingerprint density at radius 3 is 2.42 bits per heavy atom. The standard InChI is InChI=1S/C16H27NOS/c1-12(2)8-9-19(18)11-16(17-5)15-7-6-13(3)14(4)10-15/h6-7,10,12,16-17H,8-9,11H2,1-5H3. The van der Waals surface area contributed by atoms with Gasteiger partial charge in [0.2, 0.25) is 0 Å². The van der Waals surface area contributed by atoms with Gasteiger partial charge in [-0.3, -0.25) is 4.21 Å². The summed E-state index contributed by atoms with van der Waals surface area (Å²) < 4.78 is 12.1. The molecule has 2 unspecified atom stereocenters. The average molecular weight is 281 g/mol. The largest absolute Gasteiger partial charge is 0.312 e. The second-order valence-electron chi connectivity index (χ2n) is 5.68. The lowest BCUT2D eigenvalue weighted by Gasteiger charge is -2.18. The molecule has 0 amide bonds. The van der Waals surface area contributed by atoms with Gasteiger partial charge in [-0.2, -0.15) is 0 Å². The quantitative estimate of drug-likeness (QED) is 0.830. The van der Waals surface area contributed by atoms with Crippen LogP contribution in [-0.4, -0.2) is 22.8 Å². The van der Waals surface area contributed by atoms with Crippen LogP contribution < -0.4 is 5.32 Å². The van der Waals surface area contributed by atoms with E-state index in [1.165, 1.54) is 16.7 Å². The van der Waals surface area contributed by atoms with Crippen LogP contribution in [0.5, 0.6) is 0 Å². The van der Waals surface area contributed by atoms with E-state index in [1.54, 1.807) is 0 Å². The zero-order valence-corrected chi connectivity index (χ0v) is 13.6. The molecule has 2 atom stereocenters. The van der Waals surface area contributed by atoms with Crippen LogP contribution in [0, 0.1) is 19.8 Å². The highest BCUT2D eigenvalue weighted by Crippen LogP contribution is 2.18. The first kappa shape index (κ1) is 16.4. The zero-order chi connectivity index (χ0) is 14.4. The Bertz CT molecular complexity index is 429. The summed E-state index contributed by atoms with van der Waals surface area (Å²) >= 11 is 0. The number of nitrogens with one attached hydrogen (secondary N) is 1. The molecule has 1 aromatic rings. The summed E-state index contributed by atoms with van der Waals surface area (Å²) in [5.74, 6) is 2.13. The molecule has 0 saturated carbocycles. The van der Waals surface area contributed by atoms with E-state index in [0.717, 1.165) is 12.2 Å². The summed E-state index contributed by atoms with van der Waals surface area (Å²) in [6.45, 7) is 8.60. The van der Waals surface area contributed by atoms with Crippen molar-refractivity contribution in [1.29, 1.82) is 0 Å². The van der Waals surface area contributed by atoms with Gasteiger partial charge in [-0.25, -0.2) is 0 Å². The molecule has 0 aliphatic heterocycles. The molecule has 1 aromatic carbocycles. The molecule has 0 aliphatic rings. The fourth-order valence-electron chi connectivity index (χ4n) is 1.96. The van der Waals surface area contributed by atoms with E-state index < -0.39 is 10.8 Å². The third kappa shape index (κ3) is 5.45. The molecule has 0 aliphatic carbocycles. The lowest BCUT2D eigenvalue weighted by molar-refractivity contribution is 0.608. The third-order valence-corrected chi connectivity index (χ3v) is 4.95. The summed E-state index contributed by atoms with van der Waals surface area (Å²) in [4.78, 5) is 0. The van der Waals surface area contributed by atoms with Crippen molar-refractivity contribution in [2.45, 2.75) is 40.2 Å². The molecule has 0 saturated heterocycles. The van der Waals surface area contributed by atoms with Crippen LogP contribution in [0.4, 0.5) is 0 Å². The van der Waals surface area contributed by atoms with Crippen molar-refractivity contribution in [3.8, 4) is 0 Å². The molecule has 19 heavy (non-hydrogen) atoms. The first-order chi connectivity index (χ1) is 8.93. The maximum absolute atomic E-state index is 12.1. The molecular weight excluding hydrogens is 254 g/mol.